The van der Waals surface area contributed by atoms with Crippen LogP contribution in [0.1, 0.15) is 18.0 Å². The van der Waals surface area contributed by atoms with Gasteiger partial charge in [-0.1, -0.05) is 30.3 Å². The number of nitrogens with zero attached hydrogens (tertiary/aromatic N) is 1. The van der Waals surface area contributed by atoms with E-state index in [1.165, 1.54) is 0 Å². The Hall–Kier alpha value is -1.43. The van der Waals surface area contributed by atoms with Gasteiger partial charge in [0.25, 0.3) is 5.91 Å². The summed E-state index contributed by atoms with van der Waals surface area (Å²) in [6.07, 6.45) is 0.932. The number of nitrogens with two attached hydrogens (primary N) is 1. The van der Waals surface area contributed by atoms with Crippen LogP contribution in [-0.4, -0.2) is 37.1 Å². The maximum atomic E-state index is 12.0. The largest absolute Gasteiger partial charge is 0.380 e. The van der Waals surface area contributed by atoms with E-state index in [4.69, 9.17) is 10.6 Å². The molecule has 1 aliphatic heterocycles. The molecule has 18 heavy (non-hydrogen) atoms. The molecule has 1 aliphatic rings. The molecule has 1 fully saturated rings. The first-order valence-electron chi connectivity index (χ1n) is 6.20. The van der Waals surface area contributed by atoms with Gasteiger partial charge in [0.05, 0.1) is 6.61 Å². The molecule has 0 radical (unpaired) electrons. The third kappa shape index (κ3) is 3.07. The van der Waals surface area contributed by atoms with Crippen LogP contribution in [-0.2, 0) is 9.53 Å². The molecule has 1 unspecified atom stereocenters. The molecule has 5 heteroatoms. The third-order valence-corrected chi connectivity index (χ3v) is 3.13. The topological polar surface area (TPSA) is 67.6 Å². The molecule has 0 bridgehead atoms. The van der Waals surface area contributed by atoms with Crippen LogP contribution in [0.4, 0.5) is 0 Å². The standard InChI is InChI=1S/C13H19N3O2/c14-15-13(17)12(11-5-2-1-3-6-11)16-7-4-9-18-10-8-16/h1-3,5-6,12H,4,7-10,14H2,(H,15,17). The third-order valence-electron chi connectivity index (χ3n) is 3.13. The summed E-state index contributed by atoms with van der Waals surface area (Å²) in [7, 11) is 0. The zero-order valence-electron chi connectivity index (χ0n) is 10.3. The van der Waals surface area contributed by atoms with Crippen molar-refractivity contribution in [3.63, 3.8) is 0 Å². The second kappa shape index (κ2) is 6.49. The summed E-state index contributed by atoms with van der Waals surface area (Å²) in [5, 5.41) is 0. The maximum Gasteiger partial charge on any atom is 0.255 e. The summed E-state index contributed by atoms with van der Waals surface area (Å²) in [6, 6.07) is 9.36. The fourth-order valence-electron chi connectivity index (χ4n) is 2.27. The fraction of sp³-hybridized carbons (Fsp3) is 0.462. The summed E-state index contributed by atoms with van der Waals surface area (Å²) in [5.41, 5.74) is 3.22. The first-order chi connectivity index (χ1) is 8.83. The van der Waals surface area contributed by atoms with E-state index in [0.717, 1.165) is 31.7 Å². The number of rotatable bonds is 3. The Labute approximate surface area is 107 Å². The Kier molecular flexibility index (Phi) is 4.69. The zero-order valence-corrected chi connectivity index (χ0v) is 10.3. The van der Waals surface area contributed by atoms with Crippen LogP contribution in [0.2, 0.25) is 0 Å². The average molecular weight is 249 g/mol. The van der Waals surface area contributed by atoms with Gasteiger partial charge in [-0.3, -0.25) is 15.1 Å². The Morgan fingerprint density at radius 2 is 2.06 bits per heavy atom. The molecule has 1 saturated heterocycles. The molecule has 0 saturated carbocycles. The number of carbonyl (C=O) groups is 1. The van der Waals surface area contributed by atoms with Crippen molar-refractivity contribution in [3.05, 3.63) is 35.9 Å². The van der Waals surface area contributed by atoms with Crippen LogP contribution >= 0.6 is 0 Å². The molecule has 1 aromatic rings. The van der Waals surface area contributed by atoms with Gasteiger partial charge in [0.15, 0.2) is 0 Å². The lowest BCUT2D eigenvalue weighted by Crippen LogP contribution is -2.44. The minimum Gasteiger partial charge on any atom is -0.380 e. The van der Waals surface area contributed by atoms with Crippen molar-refractivity contribution < 1.29 is 9.53 Å². The molecule has 5 nitrogen and oxygen atoms in total. The van der Waals surface area contributed by atoms with E-state index in [0.29, 0.717) is 6.61 Å². The van der Waals surface area contributed by atoms with Crippen molar-refractivity contribution in [2.75, 3.05) is 26.3 Å². The second-order valence-electron chi connectivity index (χ2n) is 4.32. The van der Waals surface area contributed by atoms with Crippen molar-refractivity contribution >= 4 is 5.91 Å². The van der Waals surface area contributed by atoms with Crippen molar-refractivity contribution in [1.82, 2.24) is 10.3 Å². The van der Waals surface area contributed by atoms with Crippen molar-refractivity contribution in [2.24, 2.45) is 5.84 Å². The molecule has 1 amide bonds. The SMILES string of the molecule is NNC(=O)C(c1ccccc1)N1CCCOCC1. The van der Waals surface area contributed by atoms with E-state index < -0.39 is 0 Å². The Balaban J connectivity index is 2.21. The molecule has 2 rings (SSSR count). The molecule has 98 valence electrons. The highest BCUT2D eigenvalue weighted by Gasteiger charge is 2.27. The maximum absolute atomic E-state index is 12.0. The number of ether oxygens (including phenoxy) is 1. The highest BCUT2D eigenvalue weighted by molar-refractivity contribution is 5.82. The molecular weight excluding hydrogens is 230 g/mol. The molecular formula is C13H19N3O2. The molecule has 0 spiro atoms. The molecule has 1 atom stereocenters. The van der Waals surface area contributed by atoms with E-state index >= 15 is 0 Å². The van der Waals surface area contributed by atoms with Crippen LogP contribution in [0.3, 0.4) is 0 Å². The number of hydrogen-bond acceptors (Lipinski definition) is 4. The van der Waals surface area contributed by atoms with Gasteiger partial charge in [-0.25, -0.2) is 5.84 Å². The normalized spacial score (nSPS) is 18.9. The van der Waals surface area contributed by atoms with Gasteiger partial charge >= 0.3 is 0 Å². The van der Waals surface area contributed by atoms with Crippen LogP contribution in [0, 0.1) is 0 Å². The van der Waals surface area contributed by atoms with E-state index in [1.54, 1.807) is 0 Å². The smallest absolute Gasteiger partial charge is 0.255 e. The average Bonchev–Trinajstić information content (AvgIpc) is 2.69. The number of carbonyl (C=O) groups excluding carboxylic acids is 1. The van der Waals surface area contributed by atoms with Gasteiger partial charge in [0.1, 0.15) is 6.04 Å². The lowest BCUT2D eigenvalue weighted by atomic mass is 10.0. The van der Waals surface area contributed by atoms with Crippen LogP contribution in [0.25, 0.3) is 0 Å². The quantitative estimate of drug-likeness (QED) is 0.463. The lowest BCUT2D eigenvalue weighted by molar-refractivity contribution is -0.126. The fourth-order valence-corrected chi connectivity index (χ4v) is 2.27. The summed E-state index contributed by atoms with van der Waals surface area (Å²) >= 11 is 0. The van der Waals surface area contributed by atoms with Gasteiger partial charge in [-0.2, -0.15) is 0 Å². The molecule has 1 aromatic carbocycles. The molecule has 0 aliphatic carbocycles. The van der Waals surface area contributed by atoms with Crippen LogP contribution in [0.15, 0.2) is 30.3 Å². The van der Waals surface area contributed by atoms with Crippen LogP contribution < -0.4 is 11.3 Å². The lowest BCUT2D eigenvalue weighted by Gasteiger charge is -2.28. The van der Waals surface area contributed by atoms with E-state index in [9.17, 15) is 4.79 Å². The van der Waals surface area contributed by atoms with E-state index in [-0.39, 0.29) is 11.9 Å². The Morgan fingerprint density at radius 1 is 1.28 bits per heavy atom. The van der Waals surface area contributed by atoms with Crippen LogP contribution in [0.5, 0.6) is 0 Å². The number of nitrogens with one attached hydrogen (secondary N) is 1. The molecule has 1 heterocycles. The Morgan fingerprint density at radius 3 is 2.78 bits per heavy atom. The van der Waals surface area contributed by atoms with Gasteiger partial charge in [-0.05, 0) is 12.0 Å². The van der Waals surface area contributed by atoms with Crippen molar-refractivity contribution in [2.45, 2.75) is 12.5 Å². The summed E-state index contributed by atoms with van der Waals surface area (Å²) in [4.78, 5) is 14.1. The number of benzene rings is 1. The summed E-state index contributed by atoms with van der Waals surface area (Å²) < 4.78 is 5.42. The highest BCUT2D eigenvalue weighted by Crippen LogP contribution is 2.21. The molecule has 3 N–H and O–H groups in total. The monoisotopic (exact) mass is 249 g/mol. The summed E-state index contributed by atoms with van der Waals surface area (Å²) in [6.45, 7) is 2.99. The first kappa shape index (κ1) is 13.0. The predicted octanol–water partition coefficient (Wildman–Crippen LogP) is 0.440. The van der Waals surface area contributed by atoms with Gasteiger partial charge in [0.2, 0.25) is 0 Å². The zero-order chi connectivity index (χ0) is 12.8. The van der Waals surface area contributed by atoms with E-state index in [1.807, 2.05) is 30.3 Å². The minimum atomic E-state index is -0.335. The van der Waals surface area contributed by atoms with E-state index in [2.05, 4.69) is 10.3 Å². The molecule has 0 aromatic heterocycles. The van der Waals surface area contributed by atoms with Gasteiger partial charge in [-0.15, -0.1) is 0 Å². The number of amides is 1. The summed E-state index contributed by atoms with van der Waals surface area (Å²) in [5.74, 6) is 5.12. The van der Waals surface area contributed by atoms with Crippen molar-refractivity contribution in [1.29, 1.82) is 0 Å². The predicted molar refractivity (Wildman–Crippen MR) is 68.5 cm³/mol. The van der Waals surface area contributed by atoms with Gasteiger partial charge in [0, 0.05) is 19.7 Å². The number of hydrogen-bond donors (Lipinski definition) is 2. The highest BCUT2D eigenvalue weighted by atomic mass is 16.5. The van der Waals surface area contributed by atoms with Gasteiger partial charge < -0.3 is 4.74 Å². The van der Waals surface area contributed by atoms with Crippen molar-refractivity contribution in [3.8, 4) is 0 Å². The first-order valence-corrected chi connectivity index (χ1v) is 6.20. The number of hydrazine groups is 1. The Bertz CT molecular complexity index is 375. The minimum absolute atomic E-state index is 0.178. The second-order valence-corrected chi connectivity index (χ2v) is 4.32.